The van der Waals surface area contributed by atoms with Crippen molar-refractivity contribution in [1.29, 1.82) is 0 Å². The number of nitrogens with one attached hydrogen (secondary N) is 1. The van der Waals surface area contributed by atoms with Gasteiger partial charge in [0.1, 0.15) is 0 Å². The van der Waals surface area contributed by atoms with Crippen LogP contribution in [-0.4, -0.2) is 11.0 Å². The summed E-state index contributed by atoms with van der Waals surface area (Å²) in [6.45, 7) is 1.92. The number of hydrogen-bond acceptors (Lipinski definition) is 2. The van der Waals surface area contributed by atoms with Gasteiger partial charge < -0.3 is 10.4 Å². The molecule has 2 rings (SSSR count). The molecule has 0 spiro atoms. The number of aliphatic hydroxyl groups is 1. The highest BCUT2D eigenvalue weighted by molar-refractivity contribution is 14.1. The number of hydrogen-bond donors (Lipinski definition) is 2. The molecule has 0 saturated carbocycles. The van der Waals surface area contributed by atoms with Crippen LogP contribution in [0.1, 0.15) is 17.2 Å². The summed E-state index contributed by atoms with van der Waals surface area (Å²) >= 11 is 2.18. The molecule has 3 nitrogen and oxygen atoms in total. The number of carbonyl (C=O) groups is 1. The molecule has 1 unspecified atom stereocenters. The highest BCUT2D eigenvalue weighted by atomic mass is 127. The summed E-state index contributed by atoms with van der Waals surface area (Å²) in [5.74, 6) is -0.420. The van der Waals surface area contributed by atoms with Gasteiger partial charge in [0.2, 0.25) is 0 Å². The van der Waals surface area contributed by atoms with Crippen molar-refractivity contribution in [1.82, 2.24) is 0 Å². The molecule has 0 heterocycles. The Bertz CT molecular complexity index is 584. The number of anilines is 1. The van der Waals surface area contributed by atoms with Gasteiger partial charge in [-0.3, -0.25) is 4.79 Å². The summed E-state index contributed by atoms with van der Waals surface area (Å²) < 4.78 is 1.03. The Morgan fingerprint density at radius 2 is 1.89 bits per heavy atom. The number of benzene rings is 2. The van der Waals surface area contributed by atoms with E-state index in [9.17, 15) is 9.90 Å². The van der Waals surface area contributed by atoms with Crippen LogP contribution >= 0.6 is 22.6 Å². The van der Waals surface area contributed by atoms with E-state index in [1.54, 1.807) is 24.3 Å². The van der Waals surface area contributed by atoms with Crippen molar-refractivity contribution in [3.8, 4) is 0 Å². The maximum absolute atomic E-state index is 12.0. The minimum absolute atomic E-state index is 0.420. The van der Waals surface area contributed by atoms with Gasteiger partial charge in [0, 0.05) is 9.26 Å². The van der Waals surface area contributed by atoms with Crippen LogP contribution in [0.4, 0.5) is 5.69 Å². The van der Waals surface area contributed by atoms with E-state index >= 15 is 0 Å². The molecular weight excluding hydrogens is 353 g/mol. The second-order valence-electron chi connectivity index (χ2n) is 4.26. The number of halogens is 1. The molecule has 2 aromatic carbocycles. The van der Waals surface area contributed by atoms with Crippen molar-refractivity contribution in [3.05, 3.63) is 63.2 Å². The Kier molecular flexibility index (Phi) is 4.55. The fourth-order valence-corrected chi connectivity index (χ4v) is 2.21. The molecule has 0 bridgehead atoms. The Labute approximate surface area is 125 Å². The average molecular weight is 367 g/mol. The van der Waals surface area contributed by atoms with Crippen LogP contribution in [-0.2, 0) is 4.79 Å². The van der Waals surface area contributed by atoms with E-state index in [1.807, 2.05) is 31.2 Å². The fourth-order valence-electron chi connectivity index (χ4n) is 1.72. The van der Waals surface area contributed by atoms with Gasteiger partial charge in [-0.25, -0.2) is 0 Å². The van der Waals surface area contributed by atoms with Crippen molar-refractivity contribution in [2.45, 2.75) is 13.0 Å². The lowest BCUT2D eigenvalue weighted by Crippen LogP contribution is -2.21. The largest absolute Gasteiger partial charge is 0.378 e. The molecule has 2 N–H and O–H groups in total. The summed E-state index contributed by atoms with van der Waals surface area (Å²) in [6.07, 6.45) is -1.15. The van der Waals surface area contributed by atoms with Crippen molar-refractivity contribution >= 4 is 34.2 Å². The average Bonchev–Trinajstić information content (AvgIpc) is 2.43. The third-order valence-corrected chi connectivity index (χ3v) is 3.49. The number of rotatable bonds is 3. The second kappa shape index (κ2) is 6.16. The van der Waals surface area contributed by atoms with Crippen molar-refractivity contribution in [2.75, 3.05) is 5.32 Å². The summed E-state index contributed by atoms with van der Waals surface area (Å²) in [6, 6.07) is 14.7. The number of aryl methyl sites for hydroxylation is 1. The van der Waals surface area contributed by atoms with E-state index < -0.39 is 12.0 Å². The maximum atomic E-state index is 12.0. The van der Waals surface area contributed by atoms with E-state index in [-0.39, 0.29) is 0 Å². The molecule has 4 heteroatoms. The number of amides is 1. The maximum Gasteiger partial charge on any atom is 0.257 e. The lowest BCUT2D eigenvalue weighted by molar-refractivity contribution is -0.124. The Morgan fingerprint density at radius 1 is 1.21 bits per heavy atom. The van der Waals surface area contributed by atoms with Gasteiger partial charge in [-0.05, 0) is 52.8 Å². The SMILES string of the molecule is Cc1ccc(I)cc1NC(=O)C(O)c1ccccc1. The lowest BCUT2D eigenvalue weighted by atomic mass is 10.1. The fraction of sp³-hybridized carbons (Fsp3) is 0.133. The van der Waals surface area contributed by atoms with Crippen LogP contribution in [0, 0.1) is 10.5 Å². The molecule has 0 aromatic heterocycles. The molecule has 0 aliphatic rings. The monoisotopic (exact) mass is 367 g/mol. The summed E-state index contributed by atoms with van der Waals surface area (Å²) in [5, 5.41) is 12.8. The first-order valence-corrected chi connectivity index (χ1v) is 6.96. The molecule has 0 aliphatic carbocycles. The second-order valence-corrected chi connectivity index (χ2v) is 5.51. The zero-order valence-corrected chi connectivity index (χ0v) is 12.6. The molecule has 0 aliphatic heterocycles. The van der Waals surface area contributed by atoms with Crippen molar-refractivity contribution in [2.24, 2.45) is 0 Å². The molecule has 0 fully saturated rings. The van der Waals surface area contributed by atoms with Crippen LogP contribution in [0.5, 0.6) is 0 Å². The molecule has 1 atom stereocenters. The van der Waals surface area contributed by atoms with Gasteiger partial charge in [-0.2, -0.15) is 0 Å². The minimum atomic E-state index is -1.15. The van der Waals surface area contributed by atoms with E-state index in [0.29, 0.717) is 5.56 Å². The minimum Gasteiger partial charge on any atom is -0.378 e. The highest BCUT2D eigenvalue weighted by Crippen LogP contribution is 2.20. The third kappa shape index (κ3) is 3.54. The highest BCUT2D eigenvalue weighted by Gasteiger charge is 2.17. The predicted molar refractivity (Wildman–Crippen MR) is 83.9 cm³/mol. The zero-order valence-electron chi connectivity index (χ0n) is 10.4. The van der Waals surface area contributed by atoms with Crippen LogP contribution in [0.25, 0.3) is 0 Å². The van der Waals surface area contributed by atoms with Crippen molar-refractivity contribution < 1.29 is 9.90 Å². The van der Waals surface area contributed by atoms with Crippen LogP contribution in [0.15, 0.2) is 48.5 Å². The Hall–Kier alpha value is -1.40. The topological polar surface area (TPSA) is 49.3 Å². The first kappa shape index (κ1) is 14.0. The lowest BCUT2D eigenvalue weighted by Gasteiger charge is -2.13. The summed E-state index contributed by atoms with van der Waals surface area (Å²) in [7, 11) is 0. The quantitative estimate of drug-likeness (QED) is 0.819. The summed E-state index contributed by atoms with van der Waals surface area (Å²) in [4.78, 5) is 12.0. The Balaban J connectivity index is 2.15. The molecule has 0 saturated heterocycles. The standard InChI is InChI=1S/C15H14INO2/c1-10-7-8-12(16)9-13(10)17-15(19)14(18)11-5-3-2-4-6-11/h2-9,14,18H,1H3,(H,17,19). The normalized spacial score (nSPS) is 11.9. The van der Waals surface area contributed by atoms with Crippen LogP contribution in [0.3, 0.4) is 0 Å². The van der Waals surface area contributed by atoms with Crippen LogP contribution < -0.4 is 5.32 Å². The molecular formula is C15H14INO2. The first-order valence-electron chi connectivity index (χ1n) is 5.88. The van der Waals surface area contributed by atoms with Gasteiger partial charge in [-0.15, -0.1) is 0 Å². The molecule has 2 aromatic rings. The van der Waals surface area contributed by atoms with Gasteiger partial charge in [0.25, 0.3) is 5.91 Å². The predicted octanol–water partition coefficient (Wildman–Crippen LogP) is 3.27. The van der Waals surface area contributed by atoms with E-state index in [1.165, 1.54) is 0 Å². The molecule has 1 amide bonds. The van der Waals surface area contributed by atoms with Crippen LogP contribution in [0.2, 0.25) is 0 Å². The van der Waals surface area contributed by atoms with Gasteiger partial charge in [-0.1, -0.05) is 36.4 Å². The molecule has 98 valence electrons. The molecule has 0 radical (unpaired) electrons. The van der Waals surface area contributed by atoms with Gasteiger partial charge >= 0.3 is 0 Å². The molecule has 19 heavy (non-hydrogen) atoms. The Morgan fingerprint density at radius 3 is 2.58 bits per heavy atom. The first-order chi connectivity index (χ1) is 9.08. The third-order valence-electron chi connectivity index (χ3n) is 2.82. The summed E-state index contributed by atoms with van der Waals surface area (Å²) in [5.41, 5.74) is 2.28. The van der Waals surface area contributed by atoms with Gasteiger partial charge in [0.15, 0.2) is 6.10 Å². The zero-order chi connectivity index (χ0) is 13.8. The van der Waals surface area contributed by atoms with E-state index in [2.05, 4.69) is 27.9 Å². The van der Waals surface area contributed by atoms with Crippen molar-refractivity contribution in [3.63, 3.8) is 0 Å². The number of carbonyl (C=O) groups excluding carboxylic acids is 1. The van der Waals surface area contributed by atoms with E-state index in [0.717, 1.165) is 14.8 Å². The van der Waals surface area contributed by atoms with E-state index in [4.69, 9.17) is 0 Å². The van der Waals surface area contributed by atoms with Gasteiger partial charge in [0.05, 0.1) is 0 Å². The number of aliphatic hydroxyl groups excluding tert-OH is 1. The smallest absolute Gasteiger partial charge is 0.257 e.